The van der Waals surface area contributed by atoms with Gasteiger partial charge in [0.15, 0.2) is 0 Å². The summed E-state index contributed by atoms with van der Waals surface area (Å²) in [5, 5.41) is 0. The molecule has 1 aliphatic heterocycles. The van der Waals surface area contributed by atoms with E-state index in [1.54, 1.807) is 0 Å². The van der Waals surface area contributed by atoms with Gasteiger partial charge in [-0.3, -0.25) is 4.79 Å². The highest BCUT2D eigenvalue weighted by atomic mass is 16.2. The van der Waals surface area contributed by atoms with Gasteiger partial charge >= 0.3 is 0 Å². The van der Waals surface area contributed by atoms with E-state index in [0.717, 1.165) is 32.6 Å². The predicted molar refractivity (Wildman–Crippen MR) is 109 cm³/mol. The Hall–Kier alpha value is -2.29. The largest absolute Gasteiger partial charge is 0.368 e. The molecule has 0 N–H and O–H groups in total. The minimum atomic E-state index is 0.131. The van der Waals surface area contributed by atoms with E-state index >= 15 is 0 Å². The molecular weight excluding hydrogens is 320 g/mol. The summed E-state index contributed by atoms with van der Waals surface area (Å²) in [6, 6.07) is 19.2. The molecule has 3 heteroatoms. The third-order valence-corrected chi connectivity index (χ3v) is 5.18. The highest BCUT2D eigenvalue weighted by Gasteiger charge is 2.25. The zero-order valence-corrected chi connectivity index (χ0v) is 16.2. The lowest BCUT2D eigenvalue weighted by atomic mass is 9.97. The van der Waals surface area contributed by atoms with Crippen LogP contribution in [-0.2, 0) is 4.79 Å². The summed E-state index contributed by atoms with van der Waals surface area (Å²) in [5.41, 5.74) is 3.73. The van der Waals surface area contributed by atoms with Crippen LogP contribution in [0.15, 0.2) is 54.6 Å². The molecular formula is C23H30N2O. The van der Waals surface area contributed by atoms with E-state index in [1.807, 2.05) is 11.0 Å². The number of hydrogen-bond donors (Lipinski definition) is 0. The van der Waals surface area contributed by atoms with Crippen LogP contribution < -0.4 is 4.90 Å². The number of hydrogen-bond acceptors (Lipinski definition) is 2. The van der Waals surface area contributed by atoms with Gasteiger partial charge in [0.05, 0.1) is 0 Å². The fourth-order valence-electron chi connectivity index (χ4n) is 3.80. The second-order valence-corrected chi connectivity index (χ2v) is 7.76. The molecule has 1 amide bonds. The Morgan fingerprint density at radius 2 is 1.42 bits per heavy atom. The number of piperazine rings is 1. The van der Waals surface area contributed by atoms with Gasteiger partial charge in [-0.25, -0.2) is 0 Å². The highest BCUT2D eigenvalue weighted by Crippen LogP contribution is 2.24. The molecule has 1 fully saturated rings. The minimum Gasteiger partial charge on any atom is -0.368 e. The second-order valence-electron chi connectivity index (χ2n) is 7.76. The maximum absolute atomic E-state index is 12.6. The minimum absolute atomic E-state index is 0.131. The smallest absolute Gasteiger partial charge is 0.225 e. The molecule has 0 aliphatic carbocycles. The normalized spacial score (nSPS) is 16.0. The van der Waals surface area contributed by atoms with Crippen molar-refractivity contribution in [1.82, 2.24) is 4.90 Å². The number of nitrogens with zero attached hydrogens (tertiary/aromatic N) is 2. The van der Waals surface area contributed by atoms with E-state index < -0.39 is 0 Å². The lowest BCUT2D eigenvalue weighted by molar-refractivity contribution is -0.135. The third kappa shape index (κ3) is 4.46. The summed E-state index contributed by atoms with van der Waals surface area (Å²) in [5.74, 6) is 1.02. The molecule has 3 rings (SSSR count). The molecule has 1 saturated heterocycles. The van der Waals surface area contributed by atoms with Gasteiger partial charge in [-0.2, -0.15) is 0 Å². The Balaban J connectivity index is 1.57. The van der Waals surface area contributed by atoms with Crippen molar-refractivity contribution in [3.8, 4) is 11.1 Å². The van der Waals surface area contributed by atoms with Crippen LogP contribution in [0.4, 0.5) is 5.69 Å². The Bertz CT molecular complexity index is 701. The summed E-state index contributed by atoms with van der Waals surface area (Å²) < 4.78 is 0. The standard InChI is InChI=1S/C23H30N2O/c1-18(2)17-19(3)23(26)25-15-13-24(14-16-25)22-11-9-21(10-12-22)20-7-5-4-6-8-20/h4-12,18-19H,13-17H2,1-3H3/t19-/m0/s1. The summed E-state index contributed by atoms with van der Waals surface area (Å²) in [7, 11) is 0. The lowest BCUT2D eigenvalue weighted by Gasteiger charge is -2.37. The van der Waals surface area contributed by atoms with Crippen molar-refractivity contribution in [2.24, 2.45) is 11.8 Å². The molecule has 0 radical (unpaired) electrons. The number of anilines is 1. The van der Waals surface area contributed by atoms with Gasteiger partial charge in [-0.1, -0.05) is 63.2 Å². The molecule has 0 bridgehead atoms. The van der Waals surface area contributed by atoms with E-state index in [1.165, 1.54) is 16.8 Å². The molecule has 0 spiro atoms. The quantitative estimate of drug-likeness (QED) is 0.781. The third-order valence-electron chi connectivity index (χ3n) is 5.18. The Kier molecular flexibility index (Phi) is 5.97. The molecule has 1 heterocycles. The van der Waals surface area contributed by atoms with Crippen LogP contribution in [0.5, 0.6) is 0 Å². The van der Waals surface area contributed by atoms with Gasteiger partial charge in [-0.15, -0.1) is 0 Å². The maximum atomic E-state index is 12.6. The molecule has 1 aliphatic rings. The molecule has 1 atom stereocenters. The van der Waals surface area contributed by atoms with E-state index in [9.17, 15) is 4.79 Å². The molecule has 138 valence electrons. The average Bonchev–Trinajstić information content (AvgIpc) is 2.68. The summed E-state index contributed by atoms with van der Waals surface area (Å²) >= 11 is 0. The number of amides is 1. The first kappa shape index (κ1) is 18.5. The zero-order chi connectivity index (χ0) is 18.5. The van der Waals surface area contributed by atoms with Crippen LogP contribution >= 0.6 is 0 Å². The molecule has 2 aromatic carbocycles. The highest BCUT2D eigenvalue weighted by molar-refractivity contribution is 5.78. The predicted octanol–water partition coefficient (Wildman–Crippen LogP) is 4.68. The van der Waals surface area contributed by atoms with Crippen LogP contribution in [0.1, 0.15) is 27.2 Å². The lowest BCUT2D eigenvalue weighted by Crippen LogP contribution is -2.50. The maximum Gasteiger partial charge on any atom is 0.225 e. The molecule has 26 heavy (non-hydrogen) atoms. The van der Waals surface area contributed by atoms with Crippen LogP contribution in [0.25, 0.3) is 11.1 Å². The first-order chi connectivity index (χ1) is 12.5. The fraction of sp³-hybridized carbons (Fsp3) is 0.435. The van der Waals surface area contributed by atoms with Crippen molar-refractivity contribution in [1.29, 1.82) is 0 Å². The van der Waals surface area contributed by atoms with Crippen molar-refractivity contribution in [2.45, 2.75) is 27.2 Å². The van der Waals surface area contributed by atoms with E-state index in [4.69, 9.17) is 0 Å². The Morgan fingerprint density at radius 3 is 2.00 bits per heavy atom. The van der Waals surface area contributed by atoms with Crippen LogP contribution in [0.3, 0.4) is 0 Å². The van der Waals surface area contributed by atoms with Crippen molar-refractivity contribution < 1.29 is 4.79 Å². The first-order valence-corrected chi connectivity index (χ1v) is 9.74. The van der Waals surface area contributed by atoms with E-state index in [-0.39, 0.29) is 5.92 Å². The SMILES string of the molecule is CC(C)C[C@H](C)C(=O)N1CCN(c2ccc(-c3ccccc3)cc2)CC1. The summed E-state index contributed by atoms with van der Waals surface area (Å²) in [6.45, 7) is 9.89. The van der Waals surface area contributed by atoms with Gasteiger partial charge < -0.3 is 9.80 Å². The summed E-state index contributed by atoms with van der Waals surface area (Å²) in [6.07, 6.45) is 0.972. The van der Waals surface area contributed by atoms with Crippen LogP contribution in [0.2, 0.25) is 0 Å². The molecule has 0 unspecified atom stereocenters. The number of carbonyl (C=O) groups excluding carboxylic acids is 1. The number of rotatable bonds is 5. The van der Waals surface area contributed by atoms with Gasteiger partial charge in [0.1, 0.15) is 0 Å². The van der Waals surface area contributed by atoms with E-state index in [0.29, 0.717) is 11.8 Å². The molecule has 3 nitrogen and oxygen atoms in total. The average molecular weight is 351 g/mol. The number of benzene rings is 2. The van der Waals surface area contributed by atoms with E-state index in [2.05, 4.69) is 74.2 Å². The fourth-order valence-corrected chi connectivity index (χ4v) is 3.80. The van der Waals surface area contributed by atoms with Crippen molar-refractivity contribution in [3.05, 3.63) is 54.6 Å². The zero-order valence-electron chi connectivity index (χ0n) is 16.2. The van der Waals surface area contributed by atoms with Crippen LogP contribution in [0, 0.1) is 11.8 Å². The van der Waals surface area contributed by atoms with Gasteiger partial charge in [0, 0.05) is 37.8 Å². The monoisotopic (exact) mass is 350 g/mol. The number of carbonyl (C=O) groups is 1. The van der Waals surface area contributed by atoms with Gasteiger partial charge in [-0.05, 0) is 35.6 Å². The van der Waals surface area contributed by atoms with Crippen molar-refractivity contribution in [2.75, 3.05) is 31.1 Å². The Labute approximate surface area is 157 Å². The molecule has 2 aromatic rings. The van der Waals surface area contributed by atoms with Gasteiger partial charge in [0.25, 0.3) is 0 Å². The Morgan fingerprint density at radius 1 is 0.846 bits per heavy atom. The summed E-state index contributed by atoms with van der Waals surface area (Å²) in [4.78, 5) is 17.0. The first-order valence-electron chi connectivity index (χ1n) is 9.74. The van der Waals surface area contributed by atoms with Crippen molar-refractivity contribution in [3.63, 3.8) is 0 Å². The molecule has 0 aromatic heterocycles. The topological polar surface area (TPSA) is 23.6 Å². The van der Waals surface area contributed by atoms with Crippen LogP contribution in [-0.4, -0.2) is 37.0 Å². The van der Waals surface area contributed by atoms with Crippen molar-refractivity contribution >= 4 is 11.6 Å². The molecule has 0 saturated carbocycles. The second kappa shape index (κ2) is 8.39. The van der Waals surface area contributed by atoms with Gasteiger partial charge in [0.2, 0.25) is 5.91 Å².